The van der Waals surface area contributed by atoms with Crippen LogP contribution in [0.1, 0.15) is 12.5 Å². The molecule has 2 heterocycles. The summed E-state index contributed by atoms with van der Waals surface area (Å²) in [5.74, 6) is 0.586. The highest BCUT2D eigenvalue weighted by molar-refractivity contribution is 7.99. The molecular formula is C24H25F3N2O3S3. The number of halogens is 3. The van der Waals surface area contributed by atoms with Gasteiger partial charge in [-0.1, -0.05) is 36.4 Å². The molecule has 2 aromatic carbocycles. The van der Waals surface area contributed by atoms with Crippen LogP contribution in [0.2, 0.25) is 0 Å². The van der Waals surface area contributed by atoms with Crippen LogP contribution < -0.4 is 4.90 Å². The van der Waals surface area contributed by atoms with E-state index in [1.807, 2.05) is 35.2 Å². The lowest BCUT2D eigenvalue weighted by Crippen LogP contribution is -2.55. The predicted molar refractivity (Wildman–Crippen MR) is 133 cm³/mol. The number of hydrogen-bond acceptors (Lipinski definition) is 6. The summed E-state index contributed by atoms with van der Waals surface area (Å²) >= 11 is 2.77. The number of anilines is 1. The van der Waals surface area contributed by atoms with Gasteiger partial charge in [-0.15, -0.1) is 23.1 Å². The summed E-state index contributed by atoms with van der Waals surface area (Å²) in [6.07, 6.45) is -4.80. The Bertz CT molecular complexity index is 1220. The average Bonchev–Trinajstić information content (AvgIpc) is 3.39. The molecule has 35 heavy (non-hydrogen) atoms. The van der Waals surface area contributed by atoms with Crippen molar-refractivity contribution in [1.29, 1.82) is 0 Å². The molecule has 11 heteroatoms. The predicted octanol–water partition coefficient (Wildman–Crippen LogP) is 5.19. The van der Waals surface area contributed by atoms with E-state index in [1.54, 1.807) is 41.4 Å². The normalized spacial score (nSPS) is 19.5. The summed E-state index contributed by atoms with van der Waals surface area (Å²) in [4.78, 5) is 3.07. The summed E-state index contributed by atoms with van der Waals surface area (Å²) in [6.45, 7) is 1.63. The molecule has 1 aliphatic heterocycles. The van der Waals surface area contributed by atoms with Gasteiger partial charge in [0.2, 0.25) is 0 Å². The molecule has 0 bridgehead atoms. The Kier molecular flexibility index (Phi) is 7.54. The number of rotatable bonds is 7. The second-order valence-corrected chi connectivity index (χ2v) is 12.6. The third kappa shape index (κ3) is 5.54. The van der Waals surface area contributed by atoms with Crippen molar-refractivity contribution in [1.82, 2.24) is 4.31 Å². The first-order valence-electron chi connectivity index (χ1n) is 10.9. The van der Waals surface area contributed by atoms with E-state index in [2.05, 4.69) is 0 Å². The van der Waals surface area contributed by atoms with Crippen molar-refractivity contribution in [3.8, 4) is 0 Å². The first-order valence-corrected chi connectivity index (χ1v) is 14.2. The van der Waals surface area contributed by atoms with E-state index in [1.165, 1.54) is 27.8 Å². The zero-order valence-corrected chi connectivity index (χ0v) is 21.3. The van der Waals surface area contributed by atoms with Crippen molar-refractivity contribution in [2.24, 2.45) is 0 Å². The van der Waals surface area contributed by atoms with E-state index in [9.17, 15) is 26.7 Å². The van der Waals surface area contributed by atoms with Gasteiger partial charge in [-0.3, -0.25) is 0 Å². The number of hydrogen-bond donors (Lipinski definition) is 1. The van der Waals surface area contributed by atoms with Crippen LogP contribution in [-0.2, 0) is 15.6 Å². The van der Waals surface area contributed by atoms with E-state index in [-0.39, 0.29) is 24.7 Å². The van der Waals surface area contributed by atoms with Crippen LogP contribution in [0, 0.1) is 0 Å². The first kappa shape index (κ1) is 26.0. The molecule has 0 spiro atoms. The van der Waals surface area contributed by atoms with E-state index in [0.29, 0.717) is 22.2 Å². The average molecular weight is 543 g/mol. The quantitative estimate of drug-likeness (QED) is 0.417. The molecule has 2 atom stereocenters. The van der Waals surface area contributed by atoms with Gasteiger partial charge in [-0.05, 0) is 48.2 Å². The van der Waals surface area contributed by atoms with Crippen LogP contribution in [0.15, 0.2) is 81.2 Å². The highest BCUT2D eigenvalue weighted by Crippen LogP contribution is 2.39. The molecule has 0 aliphatic carbocycles. The van der Waals surface area contributed by atoms with Crippen LogP contribution in [0.5, 0.6) is 0 Å². The molecule has 4 rings (SSSR count). The fourth-order valence-electron chi connectivity index (χ4n) is 3.92. The highest BCUT2D eigenvalue weighted by Gasteiger charge is 2.51. The number of thiophene rings is 1. The van der Waals surface area contributed by atoms with Crippen molar-refractivity contribution < 1.29 is 26.7 Å². The monoisotopic (exact) mass is 542 g/mol. The zero-order valence-electron chi connectivity index (χ0n) is 18.9. The van der Waals surface area contributed by atoms with Gasteiger partial charge < -0.3 is 10.0 Å². The molecule has 0 unspecified atom stereocenters. The van der Waals surface area contributed by atoms with Gasteiger partial charge in [0.15, 0.2) is 5.60 Å². The maximum atomic E-state index is 13.2. The lowest BCUT2D eigenvalue weighted by Gasteiger charge is -2.42. The Hall–Kier alpha value is -2.05. The number of aliphatic hydroxyl groups is 1. The summed E-state index contributed by atoms with van der Waals surface area (Å²) in [7, 11) is -3.62. The van der Waals surface area contributed by atoms with Crippen LogP contribution in [0.4, 0.5) is 18.9 Å². The molecule has 1 aliphatic rings. The Morgan fingerprint density at radius 1 is 1.03 bits per heavy atom. The number of alkyl halides is 3. The Morgan fingerprint density at radius 2 is 1.71 bits per heavy atom. The van der Waals surface area contributed by atoms with Crippen molar-refractivity contribution in [3.05, 3.63) is 77.7 Å². The Morgan fingerprint density at radius 3 is 2.31 bits per heavy atom. The molecular weight excluding hydrogens is 517 g/mol. The molecule has 1 aromatic heterocycles. The van der Waals surface area contributed by atoms with Gasteiger partial charge in [0.05, 0.1) is 6.04 Å². The Balaban J connectivity index is 1.58. The maximum Gasteiger partial charge on any atom is 0.421 e. The molecule has 188 valence electrons. The molecule has 5 nitrogen and oxygen atoms in total. The summed E-state index contributed by atoms with van der Waals surface area (Å²) in [5.41, 5.74) is -2.52. The van der Waals surface area contributed by atoms with Crippen molar-refractivity contribution >= 4 is 38.8 Å². The smallest absolute Gasteiger partial charge is 0.376 e. The molecule has 0 radical (unpaired) electrons. The minimum Gasteiger partial charge on any atom is -0.376 e. The second-order valence-electron chi connectivity index (χ2n) is 8.38. The SMILES string of the molecule is C[C@](O)(c1ccc(N2CCN(S(=O)(=O)c3cccs3)C[C@@H]2CSc2ccccc2)cc1)C(F)(F)F. The van der Waals surface area contributed by atoms with Gasteiger partial charge in [0.25, 0.3) is 10.0 Å². The maximum absolute atomic E-state index is 13.2. The zero-order chi connectivity index (χ0) is 25.3. The van der Waals surface area contributed by atoms with Crippen molar-refractivity contribution in [3.63, 3.8) is 0 Å². The fraction of sp³-hybridized carbons (Fsp3) is 0.333. The number of sulfonamides is 1. The van der Waals surface area contributed by atoms with Gasteiger partial charge in [0, 0.05) is 36.0 Å². The first-order chi connectivity index (χ1) is 16.5. The molecule has 1 fully saturated rings. The molecule has 1 N–H and O–H groups in total. The summed E-state index contributed by atoms with van der Waals surface area (Å²) in [6, 6.07) is 18.5. The lowest BCUT2D eigenvalue weighted by atomic mass is 9.95. The number of nitrogens with zero attached hydrogens (tertiary/aromatic N) is 2. The third-order valence-corrected chi connectivity index (χ3v) is 10.4. The molecule has 0 saturated carbocycles. The Labute approximate surface area is 211 Å². The summed E-state index contributed by atoms with van der Waals surface area (Å²) in [5, 5.41) is 11.7. The van der Waals surface area contributed by atoms with E-state index < -0.39 is 21.8 Å². The minimum atomic E-state index is -4.80. The largest absolute Gasteiger partial charge is 0.421 e. The van der Waals surface area contributed by atoms with Gasteiger partial charge in [-0.2, -0.15) is 17.5 Å². The van der Waals surface area contributed by atoms with Crippen LogP contribution in [0.3, 0.4) is 0 Å². The van der Waals surface area contributed by atoms with Crippen molar-refractivity contribution in [2.75, 3.05) is 30.3 Å². The van der Waals surface area contributed by atoms with Crippen LogP contribution in [0.25, 0.3) is 0 Å². The molecule has 0 amide bonds. The molecule has 1 saturated heterocycles. The van der Waals surface area contributed by atoms with Gasteiger partial charge in [0.1, 0.15) is 4.21 Å². The minimum absolute atomic E-state index is 0.210. The van der Waals surface area contributed by atoms with Gasteiger partial charge >= 0.3 is 6.18 Å². The summed E-state index contributed by atoms with van der Waals surface area (Å²) < 4.78 is 67.8. The topological polar surface area (TPSA) is 60.9 Å². The number of piperazine rings is 1. The van der Waals surface area contributed by atoms with Crippen molar-refractivity contribution in [2.45, 2.75) is 33.8 Å². The van der Waals surface area contributed by atoms with E-state index in [4.69, 9.17) is 0 Å². The van der Waals surface area contributed by atoms with E-state index >= 15 is 0 Å². The van der Waals surface area contributed by atoms with Gasteiger partial charge in [-0.25, -0.2) is 8.42 Å². The molecule has 3 aromatic rings. The number of benzene rings is 2. The standard InChI is InChI=1S/C24H25F3N2O3S3/c1-23(30,24(25,26)27)18-9-11-19(12-10-18)29-14-13-28(35(31,32)22-8-5-15-33-22)16-20(29)17-34-21-6-3-2-4-7-21/h2-12,15,20,30H,13-14,16-17H2,1H3/t20-,23+/m1/s1. The van der Waals surface area contributed by atoms with E-state index in [0.717, 1.165) is 11.8 Å². The van der Waals surface area contributed by atoms with Crippen LogP contribution in [-0.4, -0.2) is 55.4 Å². The third-order valence-electron chi connectivity index (χ3n) is 6.03. The fourth-order valence-corrected chi connectivity index (χ4v) is 7.55. The highest BCUT2D eigenvalue weighted by atomic mass is 32.2. The second kappa shape index (κ2) is 10.1. The van der Waals surface area contributed by atoms with Crippen LogP contribution >= 0.6 is 23.1 Å². The number of thioether (sulfide) groups is 1. The lowest BCUT2D eigenvalue weighted by molar-refractivity contribution is -0.258.